The van der Waals surface area contributed by atoms with E-state index < -0.39 is 0 Å². The number of carbonyl (C=O) groups is 2. The summed E-state index contributed by atoms with van der Waals surface area (Å²) < 4.78 is 1.88. The first-order chi connectivity index (χ1) is 11.3. The number of carbonyl (C=O) groups excluding carboxylic acids is 2. The molecule has 1 saturated carbocycles. The minimum Gasteiger partial charge on any atom is -0.350 e. The number of nitrogens with zero attached hydrogens (tertiary/aromatic N) is 2. The molecule has 0 saturated heterocycles. The molecule has 1 aliphatic carbocycles. The Morgan fingerprint density at radius 2 is 1.96 bits per heavy atom. The first-order valence-corrected chi connectivity index (χ1v) is 8.36. The lowest BCUT2D eigenvalue weighted by molar-refractivity contribution is -0.123. The first kappa shape index (κ1) is 16.5. The highest BCUT2D eigenvalue weighted by Crippen LogP contribution is 2.28. The summed E-state index contributed by atoms with van der Waals surface area (Å²) in [5.41, 5.74) is 1.45. The van der Waals surface area contributed by atoms with Gasteiger partial charge in [-0.25, -0.2) is 4.98 Å². The van der Waals surface area contributed by atoms with Crippen LogP contribution in [0.3, 0.4) is 0 Å². The fourth-order valence-electron chi connectivity index (χ4n) is 2.69. The van der Waals surface area contributed by atoms with Crippen molar-refractivity contribution in [3.8, 4) is 0 Å². The van der Waals surface area contributed by atoms with Gasteiger partial charge in [0.1, 0.15) is 12.4 Å². The van der Waals surface area contributed by atoms with Gasteiger partial charge in [0, 0.05) is 11.5 Å². The number of fused-ring (bicyclic) bond motifs is 1. The summed E-state index contributed by atoms with van der Waals surface area (Å²) in [5.74, 6) is 0.870. The quantitative estimate of drug-likeness (QED) is 0.881. The summed E-state index contributed by atoms with van der Waals surface area (Å²) in [6, 6.07) is 7.70. The summed E-state index contributed by atoms with van der Waals surface area (Å²) in [6.45, 7) is 6.38. The first-order valence-electron chi connectivity index (χ1n) is 8.36. The number of nitrogens with one attached hydrogen (secondary N) is 2. The molecular formula is C18H24N4O2. The third-order valence-corrected chi connectivity index (χ3v) is 3.92. The molecule has 1 aromatic heterocycles. The van der Waals surface area contributed by atoms with Gasteiger partial charge in [0.2, 0.25) is 11.8 Å². The van der Waals surface area contributed by atoms with Crippen molar-refractivity contribution >= 4 is 22.8 Å². The Kier molecular flexibility index (Phi) is 4.30. The largest absolute Gasteiger partial charge is 0.350 e. The number of hydrogen-bond acceptors (Lipinski definition) is 3. The van der Waals surface area contributed by atoms with Gasteiger partial charge in [-0.15, -0.1) is 0 Å². The van der Waals surface area contributed by atoms with Crippen LogP contribution in [-0.2, 0) is 22.7 Å². The highest BCUT2D eigenvalue weighted by Gasteiger charge is 2.29. The molecule has 2 aromatic rings. The number of benzene rings is 1. The Bertz CT molecular complexity index is 769. The Morgan fingerprint density at radius 1 is 1.25 bits per heavy atom. The summed E-state index contributed by atoms with van der Waals surface area (Å²) >= 11 is 0. The average Bonchev–Trinajstić information content (AvgIpc) is 3.28. The van der Waals surface area contributed by atoms with Gasteiger partial charge < -0.3 is 15.2 Å². The molecule has 0 bridgehead atoms. The summed E-state index contributed by atoms with van der Waals surface area (Å²) in [5, 5.41) is 5.90. The van der Waals surface area contributed by atoms with Crippen LogP contribution in [0.2, 0.25) is 0 Å². The maximum absolute atomic E-state index is 12.3. The third kappa shape index (κ3) is 3.93. The SMILES string of the molecule is CC(C)(C)NC(=O)Cn1c(CNC(=O)C2CC2)nc2ccccc21. The molecule has 0 aliphatic heterocycles. The smallest absolute Gasteiger partial charge is 0.240 e. The number of amides is 2. The zero-order valence-electron chi connectivity index (χ0n) is 14.4. The monoisotopic (exact) mass is 328 g/mol. The van der Waals surface area contributed by atoms with Crippen molar-refractivity contribution in [2.24, 2.45) is 5.92 Å². The van der Waals surface area contributed by atoms with Gasteiger partial charge in [0.25, 0.3) is 0 Å². The predicted octanol–water partition coefficient (Wildman–Crippen LogP) is 1.98. The van der Waals surface area contributed by atoms with Crippen molar-refractivity contribution in [2.45, 2.75) is 52.2 Å². The van der Waals surface area contributed by atoms with E-state index in [0.717, 1.165) is 23.9 Å². The topological polar surface area (TPSA) is 76.0 Å². The van der Waals surface area contributed by atoms with Gasteiger partial charge in [-0.05, 0) is 45.7 Å². The van der Waals surface area contributed by atoms with E-state index in [1.54, 1.807) is 0 Å². The van der Waals surface area contributed by atoms with E-state index in [4.69, 9.17) is 0 Å². The highest BCUT2D eigenvalue weighted by atomic mass is 16.2. The summed E-state index contributed by atoms with van der Waals surface area (Å²) in [7, 11) is 0. The van der Waals surface area contributed by atoms with E-state index in [1.807, 2.05) is 49.6 Å². The molecule has 0 radical (unpaired) electrons. The van der Waals surface area contributed by atoms with Gasteiger partial charge in [0.05, 0.1) is 17.6 Å². The molecule has 128 valence electrons. The maximum atomic E-state index is 12.3. The molecule has 0 unspecified atom stereocenters. The number of para-hydroxylation sites is 2. The van der Waals surface area contributed by atoms with E-state index in [0.29, 0.717) is 12.4 Å². The molecule has 1 aromatic carbocycles. The standard InChI is InChI=1S/C18H24N4O2/c1-18(2,3)21-16(23)11-22-14-7-5-4-6-13(14)20-15(22)10-19-17(24)12-8-9-12/h4-7,12H,8-11H2,1-3H3,(H,19,24)(H,21,23). The second kappa shape index (κ2) is 6.26. The normalized spacial score (nSPS) is 14.6. The maximum Gasteiger partial charge on any atom is 0.240 e. The zero-order chi connectivity index (χ0) is 17.3. The fourth-order valence-corrected chi connectivity index (χ4v) is 2.69. The lowest BCUT2D eigenvalue weighted by Crippen LogP contribution is -2.42. The fraction of sp³-hybridized carbons (Fsp3) is 0.500. The van der Waals surface area contributed by atoms with Crippen LogP contribution in [0.1, 0.15) is 39.4 Å². The van der Waals surface area contributed by atoms with Crippen LogP contribution >= 0.6 is 0 Å². The Morgan fingerprint density at radius 3 is 2.62 bits per heavy atom. The van der Waals surface area contributed by atoms with E-state index in [2.05, 4.69) is 15.6 Å². The van der Waals surface area contributed by atoms with Crippen molar-refractivity contribution in [3.05, 3.63) is 30.1 Å². The van der Waals surface area contributed by atoms with Gasteiger partial charge in [0.15, 0.2) is 0 Å². The van der Waals surface area contributed by atoms with Gasteiger partial charge in [-0.2, -0.15) is 0 Å². The van der Waals surface area contributed by atoms with Crippen LogP contribution in [0.4, 0.5) is 0 Å². The number of aromatic nitrogens is 2. The molecular weight excluding hydrogens is 304 g/mol. The van der Waals surface area contributed by atoms with Crippen molar-refractivity contribution < 1.29 is 9.59 Å². The molecule has 6 nitrogen and oxygen atoms in total. The lowest BCUT2D eigenvalue weighted by Gasteiger charge is -2.21. The Balaban J connectivity index is 1.81. The van der Waals surface area contributed by atoms with Crippen LogP contribution in [-0.4, -0.2) is 26.9 Å². The van der Waals surface area contributed by atoms with E-state index in [9.17, 15) is 9.59 Å². The Labute approximate surface area is 141 Å². The van der Waals surface area contributed by atoms with E-state index in [-0.39, 0.29) is 29.8 Å². The zero-order valence-corrected chi connectivity index (χ0v) is 14.4. The highest BCUT2D eigenvalue weighted by molar-refractivity contribution is 5.82. The molecule has 0 atom stereocenters. The van der Waals surface area contributed by atoms with Gasteiger partial charge in [-0.1, -0.05) is 12.1 Å². The number of rotatable bonds is 5. The molecule has 24 heavy (non-hydrogen) atoms. The van der Waals surface area contributed by atoms with Crippen LogP contribution in [0.15, 0.2) is 24.3 Å². The van der Waals surface area contributed by atoms with E-state index >= 15 is 0 Å². The summed E-state index contributed by atoms with van der Waals surface area (Å²) in [4.78, 5) is 28.8. The van der Waals surface area contributed by atoms with Crippen molar-refractivity contribution in [2.75, 3.05) is 0 Å². The molecule has 2 amide bonds. The molecule has 1 fully saturated rings. The number of hydrogen-bond donors (Lipinski definition) is 2. The van der Waals surface area contributed by atoms with Crippen LogP contribution < -0.4 is 10.6 Å². The molecule has 1 heterocycles. The predicted molar refractivity (Wildman–Crippen MR) is 92.2 cm³/mol. The van der Waals surface area contributed by atoms with Crippen LogP contribution in [0.5, 0.6) is 0 Å². The van der Waals surface area contributed by atoms with Crippen LogP contribution in [0, 0.1) is 5.92 Å². The molecule has 0 spiro atoms. The average molecular weight is 328 g/mol. The van der Waals surface area contributed by atoms with Gasteiger partial charge in [-0.3, -0.25) is 9.59 Å². The molecule has 3 rings (SSSR count). The lowest BCUT2D eigenvalue weighted by atomic mass is 10.1. The van der Waals surface area contributed by atoms with Crippen LogP contribution in [0.25, 0.3) is 11.0 Å². The minimum atomic E-state index is -0.284. The number of imidazole rings is 1. The second-order valence-corrected chi connectivity index (χ2v) is 7.39. The van der Waals surface area contributed by atoms with Crippen molar-refractivity contribution in [3.63, 3.8) is 0 Å². The van der Waals surface area contributed by atoms with Crippen molar-refractivity contribution in [1.29, 1.82) is 0 Å². The second-order valence-electron chi connectivity index (χ2n) is 7.39. The summed E-state index contributed by atoms with van der Waals surface area (Å²) in [6.07, 6.45) is 1.94. The molecule has 1 aliphatic rings. The molecule has 2 N–H and O–H groups in total. The third-order valence-electron chi connectivity index (χ3n) is 3.92. The van der Waals surface area contributed by atoms with Crippen molar-refractivity contribution in [1.82, 2.24) is 20.2 Å². The minimum absolute atomic E-state index is 0.0691. The van der Waals surface area contributed by atoms with E-state index in [1.165, 1.54) is 0 Å². The Hall–Kier alpha value is -2.37. The van der Waals surface area contributed by atoms with Gasteiger partial charge >= 0.3 is 0 Å². The molecule has 6 heteroatoms.